The van der Waals surface area contributed by atoms with E-state index in [1.165, 1.54) is 30.6 Å². The maximum absolute atomic E-state index is 12.0. The third-order valence-corrected chi connectivity index (χ3v) is 5.00. The number of benzene rings is 1. The van der Waals surface area contributed by atoms with Gasteiger partial charge in [-0.05, 0) is 30.7 Å². The van der Waals surface area contributed by atoms with E-state index in [1.54, 1.807) is 12.1 Å². The maximum Gasteiger partial charge on any atom is 0.240 e. The van der Waals surface area contributed by atoms with Crippen molar-refractivity contribution in [3.8, 4) is 5.75 Å². The lowest BCUT2D eigenvalue weighted by Crippen LogP contribution is -2.25. The van der Waals surface area contributed by atoms with E-state index in [9.17, 15) is 8.42 Å². The van der Waals surface area contributed by atoms with Crippen molar-refractivity contribution in [2.24, 2.45) is 0 Å². The van der Waals surface area contributed by atoms with Crippen molar-refractivity contribution in [1.29, 1.82) is 0 Å². The Labute approximate surface area is 127 Å². The zero-order valence-corrected chi connectivity index (χ0v) is 13.1. The van der Waals surface area contributed by atoms with Crippen LogP contribution in [-0.4, -0.2) is 32.3 Å². The van der Waals surface area contributed by atoms with Crippen LogP contribution in [0.3, 0.4) is 0 Å². The molecule has 0 fully saturated rings. The monoisotopic (exact) mass is 328 g/mol. The van der Waals surface area contributed by atoms with Crippen molar-refractivity contribution >= 4 is 26.5 Å². The van der Waals surface area contributed by atoms with E-state index >= 15 is 0 Å². The average molecular weight is 328 g/mol. The quantitative estimate of drug-likeness (QED) is 0.735. The molecule has 0 aliphatic rings. The molecule has 0 spiro atoms. The first-order valence-electron chi connectivity index (χ1n) is 6.23. The van der Waals surface area contributed by atoms with E-state index in [2.05, 4.69) is 14.9 Å². The van der Waals surface area contributed by atoms with E-state index in [4.69, 9.17) is 10.5 Å². The predicted octanol–water partition coefficient (Wildman–Crippen LogP) is 1.04. The highest BCUT2D eigenvalue weighted by molar-refractivity contribution is 7.89. The van der Waals surface area contributed by atoms with Gasteiger partial charge in [-0.15, -0.1) is 10.2 Å². The normalized spacial score (nSPS) is 11.5. The van der Waals surface area contributed by atoms with E-state index in [1.807, 2.05) is 0 Å². The van der Waals surface area contributed by atoms with Crippen molar-refractivity contribution in [2.45, 2.75) is 17.7 Å². The standard InChI is InChI=1S/C12H16N4O3S2/c1-19-9-4-6-10(7-5-9)21(17,18)14-8-2-3-11-15-16-12(13)20-11/h4-7,14H,2-3,8H2,1H3,(H2,13,16). The number of nitrogen functional groups attached to an aromatic ring is 1. The van der Waals surface area contributed by atoms with E-state index in [-0.39, 0.29) is 4.90 Å². The van der Waals surface area contributed by atoms with Crippen LogP contribution in [0.25, 0.3) is 0 Å². The number of nitrogens with zero attached hydrogens (tertiary/aromatic N) is 2. The highest BCUT2D eigenvalue weighted by atomic mass is 32.2. The second-order valence-corrected chi connectivity index (χ2v) is 7.07. The van der Waals surface area contributed by atoms with Crippen LogP contribution in [0.4, 0.5) is 5.13 Å². The molecule has 0 aliphatic carbocycles. The van der Waals surface area contributed by atoms with Crippen molar-refractivity contribution in [1.82, 2.24) is 14.9 Å². The molecule has 0 radical (unpaired) electrons. The Kier molecular flexibility index (Phi) is 5.10. The van der Waals surface area contributed by atoms with Crippen LogP contribution in [-0.2, 0) is 16.4 Å². The number of hydrogen-bond donors (Lipinski definition) is 2. The minimum absolute atomic E-state index is 0.212. The Morgan fingerprint density at radius 2 is 2.00 bits per heavy atom. The molecule has 1 aromatic carbocycles. The summed E-state index contributed by atoms with van der Waals surface area (Å²) in [6, 6.07) is 6.23. The molecule has 0 amide bonds. The van der Waals surface area contributed by atoms with Gasteiger partial charge in [0.05, 0.1) is 12.0 Å². The topological polar surface area (TPSA) is 107 Å². The van der Waals surface area contributed by atoms with Gasteiger partial charge >= 0.3 is 0 Å². The predicted molar refractivity (Wildman–Crippen MR) is 80.8 cm³/mol. The zero-order valence-electron chi connectivity index (χ0n) is 11.4. The summed E-state index contributed by atoms with van der Waals surface area (Å²) in [4.78, 5) is 0.212. The highest BCUT2D eigenvalue weighted by Crippen LogP contribution is 2.16. The number of anilines is 1. The number of nitrogens with one attached hydrogen (secondary N) is 1. The number of sulfonamides is 1. The Bertz CT molecular complexity index is 683. The van der Waals surface area contributed by atoms with Gasteiger partial charge in [0.2, 0.25) is 15.2 Å². The maximum atomic E-state index is 12.0. The minimum atomic E-state index is -3.50. The summed E-state index contributed by atoms with van der Waals surface area (Å²) in [5.74, 6) is 0.614. The molecular formula is C12H16N4O3S2. The van der Waals surface area contributed by atoms with Crippen molar-refractivity contribution in [3.63, 3.8) is 0 Å². The van der Waals surface area contributed by atoms with Gasteiger partial charge in [0.1, 0.15) is 10.8 Å². The summed E-state index contributed by atoms with van der Waals surface area (Å²) in [5.41, 5.74) is 5.47. The molecule has 21 heavy (non-hydrogen) atoms. The third-order valence-electron chi connectivity index (χ3n) is 2.71. The molecule has 7 nitrogen and oxygen atoms in total. The van der Waals surface area contributed by atoms with E-state index in [0.29, 0.717) is 30.3 Å². The summed E-state index contributed by atoms with van der Waals surface area (Å²) in [5, 5.41) is 8.81. The van der Waals surface area contributed by atoms with Crippen molar-refractivity contribution in [3.05, 3.63) is 29.3 Å². The van der Waals surface area contributed by atoms with Crippen LogP contribution >= 0.6 is 11.3 Å². The van der Waals surface area contributed by atoms with Gasteiger partial charge in [-0.25, -0.2) is 13.1 Å². The summed E-state index contributed by atoms with van der Waals surface area (Å²) in [7, 11) is -1.97. The summed E-state index contributed by atoms with van der Waals surface area (Å²) in [6.07, 6.45) is 1.27. The first-order valence-corrected chi connectivity index (χ1v) is 8.53. The molecule has 0 atom stereocenters. The lowest BCUT2D eigenvalue weighted by atomic mass is 10.3. The van der Waals surface area contributed by atoms with Crippen LogP contribution in [0.15, 0.2) is 29.2 Å². The van der Waals surface area contributed by atoms with Crippen LogP contribution in [0.5, 0.6) is 5.75 Å². The number of aryl methyl sites for hydroxylation is 1. The molecule has 0 aliphatic heterocycles. The smallest absolute Gasteiger partial charge is 0.240 e. The first kappa shape index (κ1) is 15.7. The molecule has 1 aromatic heterocycles. The fourth-order valence-corrected chi connectivity index (χ4v) is 3.38. The molecule has 114 valence electrons. The molecule has 0 saturated carbocycles. The summed E-state index contributed by atoms with van der Waals surface area (Å²) < 4.78 is 31.6. The second kappa shape index (κ2) is 6.83. The van der Waals surface area contributed by atoms with Gasteiger partial charge < -0.3 is 10.5 Å². The first-order chi connectivity index (χ1) is 10.0. The Hall–Kier alpha value is -1.71. The number of ether oxygens (including phenoxy) is 1. The number of hydrogen-bond acceptors (Lipinski definition) is 7. The number of methoxy groups -OCH3 is 1. The fourth-order valence-electron chi connectivity index (χ4n) is 1.65. The molecule has 0 unspecified atom stereocenters. The third kappa shape index (κ3) is 4.38. The number of rotatable bonds is 7. The largest absolute Gasteiger partial charge is 0.497 e. The molecule has 2 rings (SSSR count). The Morgan fingerprint density at radius 1 is 1.29 bits per heavy atom. The highest BCUT2D eigenvalue weighted by Gasteiger charge is 2.13. The van der Waals surface area contributed by atoms with Crippen LogP contribution in [0.2, 0.25) is 0 Å². The van der Waals surface area contributed by atoms with Crippen LogP contribution < -0.4 is 15.2 Å². The Morgan fingerprint density at radius 3 is 2.57 bits per heavy atom. The van der Waals surface area contributed by atoms with Crippen molar-refractivity contribution < 1.29 is 13.2 Å². The number of aromatic nitrogens is 2. The van der Waals surface area contributed by atoms with Gasteiger partial charge in [0, 0.05) is 13.0 Å². The molecule has 9 heteroatoms. The van der Waals surface area contributed by atoms with Crippen LogP contribution in [0, 0.1) is 0 Å². The minimum Gasteiger partial charge on any atom is -0.497 e. The van der Waals surface area contributed by atoms with Gasteiger partial charge in [0.15, 0.2) is 0 Å². The van der Waals surface area contributed by atoms with Gasteiger partial charge in [-0.1, -0.05) is 11.3 Å². The molecule has 3 N–H and O–H groups in total. The second-order valence-electron chi connectivity index (χ2n) is 4.21. The van der Waals surface area contributed by atoms with Crippen LogP contribution in [0.1, 0.15) is 11.4 Å². The van der Waals surface area contributed by atoms with E-state index in [0.717, 1.165) is 5.01 Å². The lowest BCUT2D eigenvalue weighted by molar-refractivity contribution is 0.414. The average Bonchev–Trinajstić information content (AvgIpc) is 2.89. The van der Waals surface area contributed by atoms with Gasteiger partial charge in [0.25, 0.3) is 0 Å². The molecule has 1 heterocycles. The Balaban J connectivity index is 1.85. The SMILES string of the molecule is COc1ccc(S(=O)(=O)NCCCc2nnc(N)s2)cc1. The molecule has 0 saturated heterocycles. The number of nitrogens with two attached hydrogens (primary N) is 1. The zero-order chi connectivity index (χ0) is 15.3. The summed E-state index contributed by atoms with van der Waals surface area (Å²) in [6.45, 7) is 0.327. The van der Waals surface area contributed by atoms with Gasteiger partial charge in [-0.3, -0.25) is 0 Å². The van der Waals surface area contributed by atoms with Crippen molar-refractivity contribution in [2.75, 3.05) is 19.4 Å². The molecule has 0 bridgehead atoms. The van der Waals surface area contributed by atoms with Gasteiger partial charge in [-0.2, -0.15) is 0 Å². The fraction of sp³-hybridized carbons (Fsp3) is 0.333. The molecular weight excluding hydrogens is 312 g/mol. The lowest BCUT2D eigenvalue weighted by Gasteiger charge is -2.07. The molecule has 2 aromatic rings. The van der Waals surface area contributed by atoms with E-state index < -0.39 is 10.0 Å². The summed E-state index contributed by atoms with van der Waals surface area (Å²) >= 11 is 1.31.